The first kappa shape index (κ1) is 13.6. The Morgan fingerprint density at radius 2 is 1.56 bits per heavy atom. The van der Waals surface area contributed by atoms with Gasteiger partial charge in [-0.3, -0.25) is 0 Å². The van der Waals surface area contributed by atoms with E-state index in [1.54, 1.807) is 0 Å². The van der Waals surface area contributed by atoms with E-state index < -0.39 is 5.60 Å². The zero-order chi connectivity index (χ0) is 13.0. The summed E-state index contributed by atoms with van der Waals surface area (Å²) >= 11 is 0. The summed E-state index contributed by atoms with van der Waals surface area (Å²) in [6, 6.07) is 8.80. The lowest BCUT2D eigenvalue weighted by molar-refractivity contribution is 0.0252. The molecule has 1 saturated carbocycles. The van der Waals surface area contributed by atoms with Gasteiger partial charge in [0.25, 0.3) is 0 Å². The third kappa shape index (κ3) is 3.58. The fourth-order valence-electron chi connectivity index (χ4n) is 2.96. The molecule has 1 aliphatic rings. The summed E-state index contributed by atoms with van der Waals surface area (Å²) < 4.78 is 0. The minimum absolute atomic E-state index is 0.449. The fraction of sp³-hybridized carbons (Fsp3) is 0.647. The van der Waals surface area contributed by atoms with E-state index in [0.29, 0.717) is 5.92 Å². The molecule has 0 bridgehead atoms. The molecule has 18 heavy (non-hydrogen) atoms. The van der Waals surface area contributed by atoms with Crippen LogP contribution >= 0.6 is 0 Å². The van der Waals surface area contributed by atoms with E-state index in [2.05, 4.69) is 38.1 Å². The summed E-state index contributed by atoms with van der Waals surface area (Å²) in [7, 11) is 0. The molecule has 1 aliphatic carbocycles. The van der Waals surface area contributed by atoms with Crippen LogP contribution in [0.4, 0.5) is 0 Å². The lowest BCUT2D eigenvalue weighted by Crippen LogP contribution is -2.30. The molecule has 2 rings (SSSR count). The fourth-order valence-corrected chi connectivity index (χ4v) is 2.96. The van der Waals surface area contributed by atoms with Crippen LogP contribution in [0, 0.1) is 0 Å². The molecule has 0 radical (unpaired) electrons. The lowest BCUT2D eigenvalue weighted by atomic mass is 9.87. The Kier molecular flexibility index (Phi) is 4.45. The van der Waals surface area contributed by atoms with Crippen LogP contribution in [-0.4, -0.2) is 10.7 Å². The van der Waals surface area contributed by atoms with E-state index in [-0.39, 0.29) is 0 Å². The van der Waals surface area contributed by atoms with Crippen LogP contribution in [0.1, 0.15) is 69.4 Å². The van der Waals surface area contributed by atoms with Crippen molar-refractivity contribution in [2.75, 3.05) is 0 Å². The zero-order valence-electron chi connectivity index (χ0n) is 11.8. The number of rotatable bonds is 3. The molecular formula is C17H26O. The largest absolute Gasteiger partial charge is 0.390 e. The van der Waals surface area contributed by atoms with Gasteiger partial charge in [-0.25, -0.2) is 0 Å². The normalized spacial score (nSPS) is 19.8. The predicted molar refractivity (Wildman–Crippen MR) is 76.9 cm³/mol. The number of benzene rings is 1. The molecule has 1 aromatic carbocycles. The first-order valence-corrected chi connectivity index (χ1v) is 7.40. The van der Waals surface area contributed by atoms with Crippen molar-refractivity contribution in [3.8, 4) is 0 Å². The number of hydrogen-bond donors (Lipinski definition) is 1. The minimum Gasteiger partial charge on any atom is -0.390 e. The van der Waals surface area contributed by atoms with E-state index in [4.69, 9.17) is 0 Å². The van der Waals surface area contributed by atoms with Gasteiger partial charge in [-0.2, -0.15) is 0 Å². The maximum Gasteiger partial charge on any atom is 0.0688 e. The van der Waals surface area contributed by atoms with Gasteiger partial charge in [0.2, 0.25) is 0 Å². The maximum atomic E-state index is 10.7. The molecular weight excluding hydrogens is 220 g/mol. The van der Waals surface area contributed by atoms with Gasteiger partial charge in [0.15, 0.2) is 0 Å². The van der Waals surface area contributed by atoms with Crippen molar-refractivity contribution in [1.29, 1.82) is 0 Å². The highest BCUT2D eigenvalue weighted by Crippen LogP contribution is 2.30. The summed E-state index contributed by atoms with van der Waals surface area (Å²) in [5.41, 5.74) is 2.21. The minimum atomic E-state index is -0.449. The van der Waals surface area contributed by atoms with Gasteiger partial charge < -0.3 is 5.11 Å². The van der Waals surface area contributed by atoms with Crippen LogP contribution in [0.5, 0.6) is 0 Å². The van der Waals surface area contributed by atoms with E-state index in [1.807, 2.05) is 0 Å². The Labute approximate surface area is 111 Å². The van der Waals surface area contributed by atoms with Gasteiger partial charge in [0.05, 0.1) is 5.60 Å². The van der Waals surface area contributed by atoms with Gasteiger partial charge >= 0.3 is 0 Å². The van der Waals surface area contributed by atoms with Crippen molar-refractivity contribution in [3.05, 3.63) is 35.4 Å². The monoisotopic (exact) mass is 246 g/mol. The first-order valence-electron chi connectivity index (χ1n) is 7.40. The average Bonchev–Trinajstić information content (AvgIpc) is 2.55. The molecule has 0 heterocycles. The maximum absolute atomic E-state index is 10.7. The Morgan fingerprint density at radius 3 is 2.06 bits per heavy atom. The topological polar surface area (TPSA) is 20.2 Å². The highest BCUT2D eigenvalue weighted by atomic mass is 16.3. The van der Waals surface area contributed by atoms with Gasteiger partial charge in [-0.05, 0) is 29.9 Å². The molecule has 0 amide bonds. The van der Waals surface area contributed by atoms with E-state index in [9.17, 15) is 5.11 Å². The molecule has 1 aromatic rings. The highest BCUT2D eigenvalue weighted by molar-refractivity contribution is 5.25. The Hall–Kier alpha value is -0.820. The first-order chi connectivity index (χ1) is 8.59. The van der Waals surface area contributed by atoms with E-state index in [1.165, 1.54) is 36.8 Å². The lowest BCUT2D eigenvalue weighted by Gasteiger charge is -2.26. The van der Waals surface area contributed by atoms with Crippen molar-refractivity contribution in [1.82, 2.24) is 0 Å². The molecule has 1 N–H and O–H groups in total. The van der Waals surface area contributed by atoms with Crippen molar-refractivity contribution >= 4 is 0 Å². The molecule has 0 unspecified atom stereocenters. The van der Waals surface area contributed by atoms with Crippen LogP contribution in [0.3, 0.4) is 0 Å². The third-order valence-electron chi connectivity index (χ3n) is 4.21. The van der Waals surface area contributed by atoms with Crippen LogP contribution in [0.2, 0.25) is 0 Å². The van der Waals surface area contributed by atoms with Gasteiger partial charge in [-0.1, -0.05) is 63.8 Å². The zero-order valence-corrected chi connectivity index (χ0v) is 11.8. The standard InChI is InChI=1S/C17H26O/c1-14(2)16-9-7-15(8-10-16)13-17(18)11-5-3-4-6-12-17/h7-10,14,18H,3-6,11-13H2,1-2H3. The smallest absolute Gasteiger partial charge is 0.0688 e. The van der Waals surface area contributed by atoms with Gasteiger partial charge in [0.1, 0.15) is 0 Å². The SMILES string of the molecule is CC(C)c1ccc(CC2(O)CCCCCC2)cc1. The molecule has 0 spiro atoms. The van der Waals surface area contributed by atoms with Gasteiger partial charge in [-0.15, -0.1) is 0 Å². The Balaban J connectivity index is 2.03. The second-order valence-corrected chi connectivity index (χ2v) is 6.21. The summed E-state index contributed by atoms with van der Waals surface area (Å²) in [6.45, 7) is 4.43. The summed E-state index contributed by atoms with van der Waals surface area (Å²) in [5.74, 6) is 0.583. The van der Waals surface area contributed by atoms with E-state index >= 15 is 0 Å². The molecule has 0 saturated heterocycles. The van der Waals surface area contributed by atoms with Crippen LogP contribution in [0.25, 0.3) is 0 Å². The summed E-state index contributed by atoms with van der Waals surface area (Å²) in [6.07, 6.45) is 7.70. The van der Waals surface area contributed by atoms with Crippen LogP contribution in [-0.2, 0) is 6.42 Å². The van der Waals surface area contributed by atoms with Crippen molar-refractivity contribution in [2.24, 2.45) is 0 Å². The summed E-state index contributed by atoms with van der Waals surface area (Å²) in [4.78, 5) is 0. The molecule has 1 nitrogen and oxygen atoms in total. The van der Waals surface area contributed by atoms with Gasteiger partial charge in [0, 0.05) is 6.42 Å². The third-order valence-corrected chi connectivity index (χ3v) is 4.21. The second-order valence-electron chi connectivity index (χ2n) is 6.21. The van der Waals surface area contributed by atoms with Crippen LogP contribution < -0.4 is 0 Å². The molecule has 1 heteroatoms. The predicted octanol–water partition coefficient (Wildman–Crippen LogP) is 4.44. The molecule has 0 atom stereocenters. The number of hydrogen-bond acceptors (Lipinski definition) is 1. The quantitative estimate of drug-likeness (QED) is 0.782. The van der Waals surface area contributed by atoms with E-state index in [0.717, 1.165) is 19.3 Å². The van der Waals surface area contributed by atoms with Crippen molar-refractivity contribution in [2.45, 2.75) is 70.3 Å². The molecule has 0 aromatic heterocycles. The number of aliphatic hydroxyl groups is 1. The second kappa shape index (κ2) is 5.88. The van der Waals surface area contributed by atoms with Crippen molar-refractivity contribution < 1.29 is 5.11 Å². The summed E-state index contributed by atoms with van der Waals surface area (Å²) in [5, 5.41) is 10.7. The highest BCUT2D eigenvalue weighted by Gasteiger charge is 2.27. The molecule has 1 fully saturated rings. The van der Waals surface area contributed by atoms with Crippen molar-refractivity contribution in [3.63, 3.8) is 0 Å². The van der Waals surface area contributed by atoms with Crippen LogP contribution in [0.15, 0.2) is 24.3 Å². The Bertz CT molecular complexity index is 356. The average molecular weight is 246 g/mol. The molecule has 100 valence electrons. The molecule has 0 aliphatic heterocycles. The Morgan fingerprint density at radius 1 is 1.00 bits per heavy atom.